The van der Waals surface area contributed by atoms with Crippen LogP contribution in [0.1, 0.15) is 18.2 Å². The molecule has 8 heteroatoms. The zero-order valence-electron chi connectivity index (χ0n) is 12.6. The minimum absolute atomic E-state index is 0.113. The number of carboxylic acids is 1. The number of aromatic nitrogens is 3. The summed E-state index contributed by atoms with van der Waals surface area (Å²) >= 11 is 5.93. The van der Waals surface area contributed by atoms with Crippen molar-refractivity contribution in [3.63, 3.8) is 0 Å². The molecule has 0 saturated heterocycles. The smallest absolute Gasteiger partial charge is 0.325 e. The van der Waals surface area contributed by atoms with Crippen molar-refractivity contribution in [2.24, 2.45) is 5.92 Å². The van der Waals surface area contributed by atoms with Gasteiger partial charge in [-0.2, -0.15) is 0 Å². The second-order valence-electron chi connectivity index (χ2n) is 5.25. The number of hydrogen-bond donors (Lipinski definition) is 2. The lowest BCUT2D eigenvalue weighted by Crippen LogP contribution is -2.30. The summed E-state index contributed by atoms with van der Waals surface area (Å²) in [6.45, 7) is 1.78. The van der Waals surface area contributed by atoms with Gasteiger partial charge >= 0.3 is 5.97 Å². The van der Waals surface area contributed by atoms with Gasteiger partial charge in [0.15, 0.2) is 0 Å². The Kier molecular flexibility index (Phi) is 5.70. The summed E-state index contributed by atoms with van der Waals surface area (Å²) in [4.78, 5) is 22.7. The third kappa shape index (κ3) is 5.37. The van der Waals surface area contributed by atoms with E-state index in [4.69, 9.17) is 16.7 Å². The topological polar surface area (TPSA) is 97.1 Å². The Balaban J connectivity index is 1.84. The van der Waals surface area contributed by atoms with Crippen LogP contribution in [0.4, 0.5) is 0 Å². The van der Waals surface area contributed by atoms with Crippen LogP contribution < -0.4 is 5.32 Å². The molecule has 0 aliphatic rings. The van der Waals surface area contributed by atoms with Crippen LogP contribution in [0.2, 0.25) is 5.02 Å². The van der Waals surface area contributed by atoms with Crippen molar-refractivity contribution in [2.75, 3.05) is 0 Å². The van der Waals surface area contributed by atoms with Crippen molar-refractivity contribution < 1.29 is 14.7 Å². The lowest BCUT2D eigenvalue weighted by Gasteiger charge is -2.11. The fourth-order valence-electron chi connectivity index (χ4n) is 2.10. The van der Waals surface area contributed by atoms with E-state index in [-0.39, 0.29) is 24.9 Å². The number of amides is 1. The second-order valence-corrected chi connectivity index (χ2v) is 5.69. The van der Waals surface area contributed by atoms with Gasteiger partial charge in [-0.05, 0) is 24.1 Å². The van der Waals surface area contributed by atoms with E-state index in [0.29, 0.717) is 17.1 Å². The molecule has 1 heterocycles. The molecular weight excluding hydrogens is 320 g/mol. The highest BCUT2D eigenvalue weighted by Crippen LogP contribution is 2.14. The molecule has 0 aliphatic carbocycles. The third-order valence-corrected chi connectivity index (χ3v) is 3.44. The predicted molar refractivity (Wildman–Crippen MR) is 83.8 cm³/mol. The van der Waals surface area contributed by atoms with Gasteiger partial charge in [0.1, 0.15) is 12.2 Å². The second kappa shape index (κ2) is 7.73. The number of hydrogen-bond acceptors (Lipinski definition) is 4. The summed E-state index contributed by atoms with van der Waals surface area (Å²) in [6.07, 6.45) is 2.08. The molecule has 122 valence electrons. The lowest BCUT2D eigenvalue weighted by atomic mass is 10.0. The van der Waals surface area contributed by atoms with Gasteiger partial charge in [0, 0.05) is 10.9 Å². The summed E-state index contributed by atoms with van der Waals surface area (Å²) in [7, 11) is 0. The molecule has 1 amide bonds. The number of nitrogens with zero attached hydrogens (tertiary/aromatic N) is 3. The summed E-state index contributed by atoms with van der Waals surface area (Å²) in [5.74, 6) is -1.33. The van der Waals surface area contributed by atoms with Gasteiger partial charge in [0.25, 0.3) is 0 Å². The zero-order valence-corrected chi connectivity index (χ0v) is 13.3. The molecule has 1 aromatic carbocycles. The van der Waals surface area contributed by atoms with Gasteiger partial charge < -0.3 is 10.4 Å². The lowest BCUT2D eigenvalue weighted by molar-refractivity contribution is -0.138. The normalized spacial score (nSPS) is 11.9. The molecule has 7 nitrogen and oxygen atoms in total. The highest BCUT2D eigenvalue weighted by Gasteiger charge is 2.14. The van der Waals surface area contributed by atoms with E-state index in [1.165, 1.54) is 10.9 Å². The van der Waals surface area contributed by atoms with Crippen molar-refractivity contribution in [1.29, 1.82) is 0 Å². The number of carbonyl (C=O) groups excluding carboxylic acids is 1. The average molecular weight is 337 g/mol. The molecule has 2 N–H and O–H groups in total. The van der Waals surface area contributed by atoms with E-state index >= 15 is 0 Å². The van der Waals surface area contributed by atoms with Crippen LogP contribution in [0.15, 0.2) is 30.5 Å². The first-order valence-electron chi connectivity index (χ1n) is 7.07. The molecule has 0 bridgehead atoms. The van der Waals surface area contributed by atoms with Crippen LogP contribution in [0.3, 0.4) is 0 Å². The summed E-state index contributed by atoms with van der Waals surface area (Å²) in [5, 5.41) is 19.6. The fraction of sp³-hybridized carbons (Fsp3) is 0.333. The number of carbonyl (C=O) groups is 2. The fourth-order valence-corrected chi connectivity index (χ4v) is 2.31. The summed E-state index contributed by atoms with van der Waals surface area (Å²) in [5.41, 5.74) is 1.50. The standard InChI is InChI=1S/C15H17ClN4O3/c1-10(5-11-3-2-4-12(16)6-11)15(23)17-7-13-8-20(19-18-13)9-14(21)22/h2-4,6,8,10H,5,7,9H2,1H3,(H,17,23)(H,21,22). The molecule has 0 saturated carbocycles. The zero-order chi connectivity index (χ0) is 16.8. The van der Waals surface area contributed by atoms with Crippen LogP contribution in [0.25, 0.3) is 0 Å². The maximum Gasteiger partial charge on any atom is 0.325 e. The van der Waals surface area contributed by atoms with Gasteiger partial charge in [-0.15, -0.1) is 5.10 Å². The molecule has 1 atom stereocenters. The first-order valence-corrected chi connectivity index (χ1v) is 7.45. The van der Waals surface area contributed by atoms with E-state index in [1.807, 2.05) is 25.1 Å². The highest BCUT2D eigenvalue weighted by atomic mass is 35.5. The van der Waals surface area contributed by atoms with Gasteiger partial charge in [-0.25, -0.2) is 4.68 Å². The molecular formula is C15H17ClN4O3. The predicted octanol–water partition coefficient (Wildman–Crippen LogP) is 1.51. The molecule has 0 fully saturated rings. The number of halogens is 1. The van der Waals surface area contributed by atoms with Crippen molar-refractivity contribution in [3.8, 4) is 0 Å². The maximum atomic E-state index is 12.1. The van der Waals surface area contributed by atoms with E-state index < -0.39 is 5.97 Å². The van der Waals surface area contributed by atoms with Crippen molar-refractivity contribution in [3.05, 3.63) is 46.7 Å². The Morgan fingerprint density at radius 3 is 2.91 bits per heavy atom. The summed E-state index contributed by atoms with van der Waals surface area (Å²) < 4.78 is 1.21. The molecule has 2 aromatic rings. The minimum Gasteiger partial charge on any atom is -0.480 e. The van der Waals surface area contributed by atoms with E-state index in [1.54, 1.807) is 6.07 Å². The Labute approximate surface area is 138 Å². The van der Waals surface area contributed by atoms with Crippen LogP contribution >= 0.6 is 11.6 Å². The maximum absolute atomic E-state index is 12.1. The molecule has 0 radical (unpaired) electrons. The van der Waals surface area contributed by atoms with E-state index in [9.17, 15) is 9.59 Å². The molecule has 23 heavy (non-hydrogen) atoms. The quantitative estimate of drug-likeness (QED) is 0.798. The average Bonchev–Trinajstić information content (AvgIpc) is 2.91. The number of rotatable bonds is 7. The monoisotopic (exact) mass is 336 g/mol. The Morgan fingerprint density at radius 2 is 2.22 bits per heavy atom. The van der Waals surface area contributed by atoms with Crippen molar-refractivity contribution in [1.82, 2.24) is 20.3 Å². The van der Waals surface area contributed by atoms with Gasteiger partial charge in [0.2, 0.25) is 5.91 Å². The van der Waals surface area contributed by atoms with Crippen LogP contribution in [0, 0.1) is 5.92 Å². The number of benzene rings is 1. The SMILES string of the molecule is CC(Cc1cccc(Cl)c1)C(=O)NCc1cn(CC(=O)O)nn1. The first kappa shape index (κ1) is 17.0. The Bertz CT molecular complexity index is 702. The van der Waals surface area contributed by atoms with Crippen molar-refractivity contribution in [2.45, 2.75) is 26.4 Å². The molecule has 0 aliphatic heterocycles. The molecule has 2 rings (SSSR count). The van der Waals surface area contributed by atoms with Gasteiger partial charge in [-0.3, -0.25) is 9.59 Å². The largest absolute Gasteiger partial charge is 0.480 e. The van der Waals surface area contributed by atoms with Gasteiger partial charge in [0.05, 0.1) is 12.7 Å². The Hall–Kier alpha value is -2.41. The third-order valence-electron chi connectivity index (χ3n) is 3.21. The van der Waals surface area contributed by atoms with E-state index in [0.717, 1.165) is 5.56 Å². The highest BCUT2D eigenvalue weighted by molar-refractivity contribution is 6.30. The van der Waals surface area contributed by atoms with Crippen LogP contribution in [-0.4, -0.2) is 32.0 Å². The molecule has 1 unspecified atom stereocenters. The molecule has 1 aromatic heterocycles. The van der Waals surface area contributed by atoms with Crippen LogP contribution in [-0.2, 0) is 29.1 Å². The summed E-state index contributed by atoms with van der Waals surface area (Å²) in [6, 6.07) is 7.40. The number of nitrogens with one attached hydrogen (secondary N) is 1. The van der Waals surface area contributed by atoms with Gasteiger partial charge in [-0.1, -0.05) is 35.9 Å². The number of carboxylic acid groups (broad SMARTS) is 1. The Morgan fingerprint density at radius 1 is 1.43 bits per heavy atom. The van der Waals surface area contributed by atoms with E-state index in [2.05, 4.69) is 15.6 Å². The van der Waals surface area contributed by atoms with Crippen molar-refractivity contribution >= 4 is 23.5 Å². The molecule has 0 spiro atoms. The minimum atomic E-state index is -0.999. The first-order chi connectivity index (χ1) is 10.9. The number of aliphatic carboxylic acids is 1. The van der Waals surface area contributed by atoms with Crippen LogP contribution in [0.5, 0.6) is 0 Å².